The van der Waals surface area contributed by atoms with E-state index in [0.29, 0.717) is 18.0 Å². The smallest absolute Gasteiger partial charge is 0.273 e. The van der Waals surface area contributed by atoms with Crippen LogP contribution in [0, 0.1) is 13.8 Å². The van der Waals surface area contributed by atoms with Crippen LogP contribution >= 0.6 is 0 Å². The Kier molecular flexibility index (Phi) is 4.74. The number of carbonyl (C=O) groups is 1. The van der Waals surface area contributed by atoms with Crippen molar-refractivity contribution in [2.45, 2.75) is 26.8 Å². The van der Waals surface area contributed by atoms with Crippen molar-refractivity contribution in [2.24, 2.45) is 0 Å². The molecule has 2 aromatic heterocycles. The van der Waals surface area contributed by atoms with Crippen LogP contribution in [0.5, 0.6) is 0 Å². The number of nitrogens with one attached hydrogen (secondary N) is 1. The first-order chi connectivity index (χ1) is 11.6. The SMILES string of the molecule is Cc1ccc(-c2cc(C(=O)NCCCn3cc(C)cn3)no2)cc1. The van der Waals surface area contributed by atoms with Crippen molar-refractivity contribution in [1.29, 1.82) is 0 Å². The lowest BCUT2D eigenvalue weighted by Crippen LogP contribution is -2.25. The average molecular weight is 324 g/mol. The van der Waals surface area contributed by atoms with Crippen LogP contribution in [-0.4, -0.2) is 27.4 Å². The van der Waals surface area contributed by atoms with Crippen molar-refractivity contribution in [2.75, 3.05) is 6.54 Å². The Morgan fingerprint density at radius 1 is 1.21 bits per heavy atom. The monoisotopic (exact) mass is 324 g/mol. The summed E-state index contributed by atoms with van der Waals surface area (Å²) in [5.74, 6) is 0.362. The highest BCUT2D eigenvalue weighted by Gasteiger charge is 2.13. The van der Waals surface area contributed by atoms with Gasteiger partial charge in [0, 0.05) is 30.9 Å². The lowest BCUT2D eigenvalue weighted by atomic mass is 10.1. The molecule has 0 radical (unpaired) electrons. The Labute approximate surface area is 140 Å². The van der Waals surface area contributed by atoms with E-state index in [-0.39, 0.29) is 5.91 Å². The third-order valence-corrected chi connectivity index (χ3v) is 3.69. The molecule has 0 saturated heterocycles. The zero-order valence-corrected chi connectivity index (χ0v) is 13.8. The standard InChI is InChI=1S/C18H20N4O2/c1-13-4-6-15(7-5-13)17-10-16(21-24-17)18(23)19-8-3-9-22-12-14(2)11-20-22/h4-7,10-12H,3,8-9H2,1-2H3,(H,19,23). The van der Waals surface area contributed by atoms with Gasteiger partial charge in [0.05, 0.1) is 6.20 Å². The van der Waals surface area contributed by atoms with E-state index >= 15 is 0 Å². The van der Waals surface area contributed by atoms with E-state index in [0.717, 1.165) is 24.1 Å². The molecular weight excluding hydrogens is 304 g/mol. The number of nitrogens with zero attached hydrogens (tertiary/aromatic N) is 3. The Morgan fingerprint density at radius 3 is 2.71 bits per heavy atom. The third kappa shape index (κ3) is 3.90. The molecule has 6 nitrogen and oxygen atoms in total. The van der Waals surface area contributed by atoms with Gasteiger partial charge in [-0.2, -0.15) is 5.10 Å². The molecule has 1 aromatic carbocycles. The number of benzene rings is 1. The van der Waals surface area contributed by atoms with Gasteiger partial charge in [0.2, 0.25) is 0 Å². The zero-order valence-electron chi connectivity index (χ0n) is 13.8. The summed E-state index contributed by atoms with van der Waals surface area (Å²) in [5.41, 5.74) is 3.50. The van der Waals surface area contributed by atoms with Gasteiger partial charge in [-0.25, -0.2) is 0 Å². The number of hydrogen-bond donors (Lipinski definition) is 1. The summed E-state index contributed by atoms with van der Waals surface area (Å²) in [5, 5.41) is 10.9. The Balaban J connectivity index is 1.51. The summed E-state index contributed by atoms with van der Waals surface area (Å²) in [6, 6.07) is 9.55. The molecule has 2 heterocycles. The quantitative estimate of drug-likeness (QED) is 0.708. The van der Waals surface area contributed by atoms with Crippen LogP contribution in [0.1, 0.15) is 28.0 Å². The summed E-state index contributed by atoms with van der Waals surface area (Å²) in [4.78, 5) is 12.1. The molecule has 0 bridgehead atoms. The lowest BCUT2D eigenvalue weighted by Gasteiger charge is -2.03. The minimum atomic E-state index is -0.228. The van der Waals surface area contributed by atoms with E-state index in [2.05, 4.69) is 15.6 Å². The second-order valence-corrected chi connectivity index (χ2v) is 5.83. The maximum atomic E-state index is 12.1. The Morgan fingerprint density at radius 2 is 2.00 bits per heavy atom. The second kappa shape index (κ2) is 7.12. The van der Waals surface area contributed by atoms with Crippen LogP contribution in [0.3, 0.4) is 0 Å². The van der Waals surface area contributed by atoms with Crippen LogP contribution < -0.4 is 5.32 Å². The number of amides is 1. The number of carbonyl (C=O) groups excluding carboxylic acids is 1. The maximum Gasteiger partial charge on any atom is 0.273 e. The van der Waals surface area contributed by atoms with Crippen molar-refractivity contribution < 1.29 is 9.32 Å². The summed E-state index contributed by atoms with van der Waals surface area (Å²) >= 11 is 0. The number of hydrogen-bond acceptors (Lipinski definition) is 4. The molecular formula is C18H20N4O2. The van der Waals surface area contributed by atoms with Crippen LogP contribution in [0.25, 0.3) is 11.3 Å². The summed E-state index contributed by atoms with van der Waals surface area (Å²) in [6.07, 6.45) is 4.60. The van der Waals surface area contributed by atoms with Gasteiger partial charge < -0.3 is 9.84 Å². The van der Waals surface area contributed by atoms with Crippen LogP contribution in [0.15, 0.2) is 47.2 Å². The van der Waals surface area contributed by atoms with Crippen molar-refractivity contribution in [1.82, 2.24) is 20.3 Å². The predicted molar refractivity (Wildman–Crippen MR) is 90.6 cm³/mol. The third-order valence-electron chi connectivity index (χ3n) is 3.69. The number of rotatable bonds is 6. The fourth-order valence-corrected chi connectivity index (χ4v) is 2.36. The van der Waals surface area contributed by atoms with Gasteiger partial charge in [-0.1, -0.05) is 35.0 Å². The van der Waals surface area contributed by atoms with E-state index in [1.807, 2.05) is 55.2 Å². The lowest BCUT2D eigenvalue weighted by molar-refractivity contribution is 0.0943. The fourth-order valence-electron chi connectivity index (χ4n) is 2.36. The maximum absolute atomic E-state index is 12.1. The molecule has 6 heteroatoms. The summed E-state index contributed by atoms with van der Waals surface area (Å²) in [7, 11) is 0. The first-order valence-corrected chi connectivity index (χ1v) is 7.93. The highest BCUT2D eigenvalue weighted by Crippen LogP contribution is 2.20. The minimum Gasteiger partial charge on any atom is -0.355 e. The van der Waals surface area contributed by atoms with Gasteiger partial charge in [0.1, 0.15) is 0 Å². The molecule has 0 aliphatic carbocycles. The molecule has 0 atom stereocenters. The van der Waals surface area contributed by atoms with Crippen molar-refractivity contribution in [3.8, 4) is 11.3 Å². The fraction of sp³-hybridized carbons (Fsp3) is 0.278. The molecule has 3 rings (SSSR count). The first kappa shape index (κ1) is 16.0. The second-order valence-electron chi connectivity index (χ2n) is 5.83. The summed E-state index contributed by atoms with van der Waals surface area (Å²) in [6.45, 7) is 5.35. The summed E-state index contributed by atoms with van der Waals surface area (Å²) < 4.78 is 7.13. The van der Waals surface area contributed by atoms with Crippen molar-refractivity contribution in [3.63, 3.8) is 0 Å². The van der Waals surface area contributed by atoms with Gasteiger partial charge in [0.25, 0.3) is 5.91 Å². The number of aromatic nitrogens is 3. The minimum absolute atomic E-state index is 0.228. The van der Waals surface area contributed by atoms with Crippen LogP contribution in [-0.2, 0) is 6.54 Å². The topological polar surface area (TPSA) is 73.0 Å². The molecule has 124 valence electrons. The highest BCUT2D eigenvalue weighted by atomic mass is 16.5. The van der Waals surface area contributed by atoms with Crippen LogP contribution in [0.4, 0.5) is 0 Å². The molecule has 24 heavy (non-hydrogen) atoms. The van der Waals surface area contributed by atoms with E-state index in [1.165, 1.54) is 5.56 Å². The molecule has 0 unspecified atom stereocenters. The molecule has 0 fully saturated rings. The predicted octanol–water partition coefficient (Wildman–Crippen LogP) is 2.98. The van der Waals surface area contributed by atoms with E-state index < -0.39 is 0 Å². The zero-order chi connectivity index (χ0) is 16.9. The van der Waals surface area contributed by atoms with Gasteiger partial charge in [0.15, 0.2) is 11.5 Å². The van der Waals surface area contributed by atoms with Gasteiger partial charge in [-0.3, -0.25) is 9.48 Å². The molecule has 1 amide bonds. The van der Waals surface area contributed by atoms with E-state index in [4.69, 9.17) is 4.52 Å². The van der Waals surface area contributed by atoms with Crippen molar-refractivity contribution in [3.05, 3.63) is 59.5 Å². The number of aryl methyl sites for hydroxylation is 3. The molecule has 0 aliphatic rings. The molecule has 0 aliphatic heterocycles. The largest absolute Gasteiger partial charge is 0.355 e. The Hall–Kier alpha value is -2.89. The molecule has 0 saturated carbocycles. The molecule has 3 aromatic rings. The normalized spacial score (nSPS) is 10.8. The van der Waals surface area contributed by atoms with Gasteiger partial charge >= 0.3 is 0 Å². The van der Waals surface area contributed by atoms with Gasteiger partial charge in [-0.15, -0.1) is 0 Å². The van der Waals surface area contributed by atoms with Crippen molar-refractivity contribution >= 4 is 5.91 Å². The van der Waals surface area contributed by atoms with E-state index in [1.54, 1.807) is 6.07 Å². The Bertz CT molecular complexity index is 818. The van der Waals surface area contributed by atoms with Crippen LogP contribution in [0.2, 0.25) is 0 Å². The van der Waals surface area contributed by atoms with E-state index in [9.17, 15) is 4.79 Å². The molecule has 0 spiro atoms. The molecule has 1 N–H and O–H groups in total. The first-order valence-electron chi connectivity index (χ1n) is 7.93. The van der Waals surface area contributed by atoms with Gasteiger partial charge in [-0.05, 0) is 25.8 Å². The average Bonchev–Trinajstić information content (AvgIpc) is 3.21. The highest BCUT2D eigenvalue weighted by molar-refractivity contribution is 5.93.